The van der Waals surface area contributed by atoms with Crippen LogP contribution in [0.4, 0.5) is 0 Å². The number of carbonyl (C=O) groups is 1. The fourth-order valence-electron chi connectivity index (χ4n) is 1.49. The topological polar surface area (TPSA) is 66.6 Å². The van der Waals surface area contributed by atoms with Crippen LogP contribution in [0, 0.1) is 0 Å². The van der Waals surface area contributed by atoms with Crippen LogP contribution in [-0.2, 0) is 11.3 Å². The Bertz CT molecular complexity index is 379. The van der Waals surface area contributed by atoms with Crippen molar-refractivity contribution in [1.82, 2.24) is 4.90 Å². The maximum atomic E-state index is 11.8. The van der Waals surface area contributed by atoms with Crippen molar-refractivity contribution < 1.29 is 9.90 Å². The largest absolute Gasteiger partial charge is 0.508 e. The molecule has 1 aromatic carbocycles. The van der Waals surface area contributed by atoms with E-state index >= 15 is 0 Å². The van der Waals surface area contributed by atoms with Crippen LogP contribution in [0.5, 0.6) is 5.75 Å². The highest BCUT2D eigenvalue weighted by atomic mass is 16.3. The summed E-state index contributed by atoms with van der Waals surface area (Å²) in [6.07, 6.45) is 0.321. The first kappa shape index (κ1) is 13.5. The van der Waals surface area contributed by atoms with Crippen LogP contribution in [0.2, 0.25) is 0 Å². The average molecular weight is 236 g/mol. The van der Waals surface area contributed by atoms with Gasteiger partial charge in [-0.25, -0.2) is 0 Å². The molecule has 0 aliphatic carbocycles. The van der Waals surface area contributed by atoms with E-state index in [0.29, 0.717) is 13.0 Å². The number of benzene rings is 1. The summed E-state index contributed by atoms with van der Waals surface area (Å²) in [5, 5.41) is 9.16. The van der Waals surface area contributed by atoms with Crippen molar-refractivity contribution in [2.75, 3.05) is 7.05 Å². The van der Waals surface area contributed by atoms with E-state index in [9.17, 15) is 4.79 Å². The first-order valence-electron chi connectivity index (χ1n) is 5.59. The van der Waals surface area contributed by atoms with Crippen LogP contribution >= 0.6 is 0 Å². The van der Waals surface area contributed by atoms with Gasteiger partial charge in [0, 0.05) is 25.6 Å². The quantitative estimate of drug-likeness (QED) is 0.832. The lowest BCUT2D eigenvalue weighted by Gasteiger charge is -2.23. The lowest BCUT2D eigenvalue weighted by Crippen LogP contribution is -2.39. The number of hydrogen-bond acceptors (Lipinski definition) is 3. The van der Waals surface area contributed by atoms with Gasteiger partial charge in [-0.3, -0.25) is 4.79 Å². The second-order valence-electron chi connectivity index (χ2n) is 5.08. The summed E-state index contributed by atoms with van der Waals surface area (Å²) >= 11 is 0. The number of rotatable bonds is 4. The molecule has 0 spiro atoms. The van der Waals surface area contributed by atoms with Gasteiger partial charge in [-0.2, -0.15) is 0 Å². The Morgan fingerprint density at radius 3 is 2.35 bits per heavy atom. The van der Waals surface area contributed by atoms with Gasteiger partial charge in [0.15, 0.2) is 0 Å². The summed E-state index contributed by atoms with van der Waals surface area (Å²) in [6, 6.07) is 6.82. The second kappa shape index (κ2) is 5.19. The Kier molecular flexibility index (Phi) is 4.12. The maximum absolute atomic E-state index is 11.8. The minimum atomic E-state index is -0.486. The van der Waals surface area contributed by atoms with E-state index in [0.717, 1.165) is 5.56 Å². The number of nitrogens with zero attached hydrogens (tertiary/aromatic N) is 1. The van der Waals surface area contributed by atoms with E-state index in [1.165, 1.54) is 0 Å². The van der Waals surface area contributed by atoms with E-state index < -0.39 is 5.54 Å². The number of aromatic hydroxyl groups is 1. The van der Waals surface area contributed by atoms with Crippen LogP contribution in [0.15, 0.2) is 24.3 Å². The Hall–Kier alpha value is -1.55. The van der Waals surface area contributed by atoms with Crippen molar-refractivity contribution in [2.24, 2.45) is 5.73 Å². The fourth-order valence-corrected chi connectivity index (χ4v) is 1.49. The summed E-state index contributed by atoms with van der Waals surface area (Å²) in [5.74, 6) is 0.247. The maximum Gasteiger partial charge on any atom is 0.224 e. The normalized spacial score (nSPS) is 11.3. The SMILES string of the molecule is CN(Cc1ccc(O)cc1)C(=O)CC(C)(C)N. The molecule has 0 atom stereocenters. The standard InChI is InChI=1S/C13H20N2O2/c1-13(2,14)8-12(17)15(3)9-10-4-6-11(16)7-5-10/h4-7,16H,8-9,14H2,1-3H3. The minimum absolute atomic E-state index is 0.0191. The Balaban J connectivity index is 2.57. The first-order chi connectivity index (χ1) is 7.78. The van der Waals surface area contributed by atoms with Gasteiger partial charge in [0.25, 0.3) is 0 Å². The van der Waals surface area contributed by atoms with Crippen molar-refractivity contribution >= 4 is 5.91 Å². The Morgan fingerprint density at radius 1 is 1.35 bits per heavy atom. The van der Waals surface area contributed by atoms with E-state index in [1.54, 1.807) is 36.2 Å². The first-order valence-corrected chi connectivity index (χ1v) is 5.59. The van der Waals surface area contributed by atoms with Crippen LogP contribution in [0.1, 0.15) is 25.8 Å². The zero-order valence-corrected chi connectivity index (χ0v) is 10.6. The lowest BCUT2D eigenvalue weighted by molar-refractivity contribution is -0.131. The van der Waals surface area contributed by atoms with Crippen LogP contribution < -0.4 is 5.73 Å². The zero-order valence-electron chi connectivity index (χ0n) is 10.6. The minimum Gasteiger partial charge on any atom is -0.508 e. The summed E-state index contributed by atoms with van der Waals surface area (Å²) in [6.45, 7) is 4.19. The predicted molar refractivity (Wildman–Crippen MR) is 67.5 cm³/mol. The molecule has 3 N–H and O–H groups in total. The molecule has 0 fully saturated rings. The monoisotopic (exact) mass is 236 g/mol. The molecule has 1 aromatic rings. The molecule has 94 valence electrons. The van der Waals surface area contributed by atoms with E-state index in [4.69, 9.17) is 10.8 Å². The smallest absolute Gasteiger partial charge is 0.224 e. The number of phenolic OH excluding ortho intramolecular Hbond substituents is 1. The van der Waals surface area contributed by atoms with Gasteiger partial charge in [0.1, 0.15) is 5.75 Å². The van der Waals surface area contributed by atoms with Gasteiger partial charge in [-0.05, 0) is 31.5 Å². The molecule has 0 unspecified atom stereocenters. The van der Waals surface area contributed by atoms with Crippen molar-refractivity contribution in [3.63, 3.8) is 0 Å². The van der Waals surface area contributed by atoms with Gasteiger partial charge in [0.05, 0.1) is 0 Å². The number of carbonyl (C=O) groups excluding carboxylic acids is 1. The molecule has 0 aliphatic heterocycles. The molecule has 0 saturated heterocycles. The zero-order chi connectivity index (χ0) is 13.1. The van der Waals surface area contributed by atoms with Gasteiger partial charge >= 0.3 is 0 Å². The molecule has 1 rings (SSSR count). The molecule has 0 bridgehead atoms. The van der Waals surface area contributed by atoms with E-state index in [-0.39, 0.29) is 11.7 Å². The molecule has 17 heavy (non-hydrogen) atoms. The Labute approximate surface area is 102 Å². The number of hydrogen-bond donors (Lipinski definition) is 2. The van der Waals surface area contributed by atoms with Crippen LogP contribution in [0.25, 0.3) is 0 Å². The van der Waals surface area contributed by atoms with Gasteiger partial charge in [0.2, 0.25) is 5.91 Å². The van der Waals surface area contributed by atoms with Gasteiger partial charge in [-0.1, -0.05) is 12.1 Å². The third-order valence-electron chi connectivity index (χ3n) is 2.39. The summed E-state index contributed by atoms with van der Waals surface area (Å²) in [7, 11) is 1.75. The molecule has 0 saturated carbocycles. The highest BCUT2D eigenvalue weighted by molar-refractivity contribution is 5.77. The Morgan fingerprint density at radius 2 is 1.88 bits per heavy atom. The highest BCUT2D eigenvalue weighted by Crippen LogP contribution is 2.13. The summed E-state index contributed by atoms with van der Waals surface area (Å²) in [5.41, 5.74) is 6.30. The molecule has 0 aliphatic rings. The number of phenols is 1. The number of amides is 1. The van der Waals surface area contributed by atoms with E-state index in [2.05, 4.69) is 0 Å². The van der Waals surface area contributed by atoms with Crippen molar-refractivity contribution in [3.8, 4) is 5.75 Å². The second-order valence-corrected chi connectivity index (χ2v) is 5.08. The molecule has 4 heteroatoms. The van der Waals surface area contributed by atoms with E-state index in [1.807, 2.05) is 13.8 Å². The summed E-state index contributed by atoms with van der Waals surface area (Å²) in [4.78, 5) is 13.5. The van der Waals surface area contributed by atoms with Gasteiger partial charge < -0.3 is 15.7 Å². The molecule has 1 amide bonds. The third kappa shape index (κ3) is 4.87. The van der Waals surface area contributed by atoms with Crippen molar-refractivity contribution in [2.45, 2.75) is 32.4 Å². The molecule has 0 aromatic heterocycles. The van der Waals surface area contributed by atoms with Crippen LogP contribution in [0.3, 0.4) is 0 Å². The summed E-state index contributed by atoms with van der Waals surface area (Å²) < 4.78 is 0. The molecule has 4 nitrogen and oxygen atoms in total. The van der Waals surface area contributed by atoms with Crippen molar-refractivity contribution in [3.05, 3.63) is 29.8 Å². The number of nitrogens with two attached hydrogens (primary N) is 1. The highest BCUT2D eigenvalue weighted by Gasteiger charge is 2.19. The molecular formula is C13H20N2O2. The van der Waals surface area contributed by atoms with Gasteiger partial charge in [-0.15, -0.1) is 0 Å². The fraction of sp³-hybridized carbons (Fsp3) is 0.462. The molecule has 0 radical (unpaired) electrons. The molecular weight excluding hydrogens is 216 g/mol. The third-order valence-corrected chi connectivity index (χ3v) is 2.39. The van der Waals surface area contributed by atoms with Crippen molar-refractivity contribution in [1.29, 1.82) is 0 Å². The predicted octanol–water partition coefficient (Wildman–Crippen LogP) is 1.48. The lowest BCUT2D eigenvalue weighted by atomic mass is 10.0. The van der Waals surface area contributed by atoms with Crippen LogP contribution in [-0.4, -0.2) is 28.5 Å². The molecule has 0 heterocycles. The average Bonchev–Trinajstić information content (AvgIpc) is 2.19.